The molecule has 0 saturated heterocycles. The standard InChI is InChI=1S/C11H13NO2/c1-7-6-8(11(12)4-5-11)2-3-9(7)10(13)14/h2-3,6H,4-5,12H2,1H3,(H,13,14). The van der Waals surface area contributed by atoms with E-state index in [1.54, 1.807) is 13.0 Å². The van der Waals surface area contributed by atoms with Crippen LogP contribution in [-0.2, 0) is 5.54 Å². The summed E-state index contributed by atoms with van der Waals surface area (Å²) in [5.41, 5.74) is 8.04. The summed E-state index contributed by atoms with van der Waals surface area (Å²) in [4.78, 5) is 10.8. The van der Waals surface area contributed by atoms with Crippen molar-refractivity contribution in [3.63, 3.8) is 0 Å². The molecule has 1 aliphatic carbocycles. The van der Waals surface area contributed by atoms with Gasteiger partial charge in [-0.25, -0.2) is 4.79 Å². The van der Waals surface area contributed by atoms with Crippen LogP contribution in [-0.4, -0.2) is 11.1 Å². The van der Waals surface area contributed by atoms with Crippen LogP contribution in [0.2, 0.25) is 0 Å². The molecule has 0 aliphatic heterocycles. The molecule has 1 aliphatic rings. The molecule has 1 saturated carbocycles. The largest absolute Gasteiger partial charge is 0.478 e. The maximum atomic E-state index is 10.8. The van der Waals surface area contributed by atoms with E-state index in [4.69, 9.17) is 10.8 Å². The highest BCUT2D eigenvalue weighted by molar-refractivity contribution is 5.89. The molecular formula is C11H13NO2. The van der Waals surface area contributed by atoms with Gasteiger partial charge >= 0.3 is 5.97 Å². The summed E-state index contributed by atoms with van der Waals surface area (Å²) in [6, 6.07) is 5.35. The molecule has 1 aromatic rings. The van der Waals surface area contributed by atoms with Crippen molar-refractivity contribution in [2.45, 2.75) is 25.3 Å². The highest BCUT2D eigenvalue weighted by atomic mass is 16.4. The first-order valence-corrected chi connectivity index (χ1v) is 4.66. The Bertz CT molecular complexity index is 394. The van der Waals surface area contributed by atoms with Crippen LogP contribution < -0.4 is 5.73 Å². The van der Waals surface area contributed by atoms with Gasteiger partial charge in [0, 0.05) is 5.54 Å². The van der Waals surface area contributed by atoms with Crippen molar-refractivity contribution >= 4 is 5.97 Å². The number of benzene rings is 1. The lowest BCUT2D eigenvalue weighted by atomic mass is 9.99. The van der Waals surface area contributed by atoms with Crippen molar-refractivity contribution < 1.29 is 9.90 Å². The molecule has 0 unspecified atom stereocenters. The minimum Gasteiger partial charge on any atom is -0.478 e. The van der Waals surface area contributed by atoms with Crippen molar-refractivity contribution in [1.82, 2.24) is 0 Å². The van der Waals surface area contributed by atoms with E-state index in [2.05, 4.69) is 0 Å². The van der Waals surface area contributed by atoms with Gasteiger partial charge in [-0.2, -0.15) is 0 Å². The van der Waals surface area contributed by atoms with E-state index >= 15 is 0 Å². The van der Waals surface area contributed by atoms with E-state index in [1.807, 2.05) is 12.1 Å². The predicted molar refractivity (Wildman–Crippen MR) is 53.2 cm³/mol. The Morgan fingerprint density at radius 3 is 2.57 bits per heavy atom. The van der Waals surface area contributed by atoms with E-state index in [0.717, 1.165) is 24.0 Å². The lowest BCUT2D eigenvalue weighted by Crippen LogP contribution is -2.19. The molecular weight excluding hydrogens is 178 g/mol. The van der Waals surface area contributed by atoms with E-state index in [1.165, 1.54) is 0 Å². The number of carbonyl (C=O) groups is 1. The fourth-order valence-corrected chi connectivity index (χ4v) is 1.64. The van der Waals surface area contributed by atoms with Gasteiger partial charge in [0.25, 0.3) is 0 Å². The molecule has 0 atom stereocenters. The molecule has 0 amide bonds. The van der Waals surface area contributed by atoms with Gasteiger partial charge in [0.05, 0.1) is 5.56 Å². The monoisotopic (exact) mass is 191 g/mol. The quantitative estimate of drug-likeness (QED) is 0.747. The number of carboxylic acid groups (broad SMARTS) is 1. The maximum absolute atomic E-state index is 10.8. The van der Waals surface area contributed by atoms with Gasteiger partial charge in [-0.05, 0) is 37.0 Å². The minimum atomic E-state index is -0.879. The van der Waals surface area contributed by atoms with Gasteiger partial charge in [-0.1, -0.05) is 12.1 Å². The first kappa shape index (κ1) is 9.21. The smallest absolute Gasteiger partial charge is 0.335 e. The second kappa shape index (κ2) is 2.82. The Morgan fingerprint density at radius 1 is 1.50 bits per heavy atom. The summed E-state index contributed by atoms with van der Waals surface area (Å²) in [5.74, 6) is -0.879. The second-order valence-electron chi connectivity index (χ2n) is 3.99. The Kier molecular flexibility index (Phi) is 1.86. The summed E-state index contributed by atoms with van der Waals surface area (Å²) >= 11 is 0. The number of nitrogens with two attached hydrogens (primary N) is 1. The molecule has 3 nitrogen and oxygen atoms in total. The molecule has 74 valence electrons. The third kappa shape index (κ3) is 1.40. The molecule has 3 N–H and O–H groups in total. The molecule has 0 heterocycles. The first-order valence-electron chi connectivity index (χ1n) is 4.66. The van der Waals surface area contributed by atoms with Crippen molar-refractivity contribution in [1.29, 1.82) is 0 Å². The van der Waals surface area contributed by atoms with Crippen LogP contribution in [0.25, 0.3) is 0 Å². The SMILES string of the molecule is Cc1cc(C2(N)CC2)ccc1C(=O)O. The van der Waals surface area contributed by atoms with Gasteiger partial charge in [0.2, 0.25) is 0 Å². The van der Waals surface area contributed by atoms with Gasteiger partial charge in [0.1, 0.15) is 0 Å². The summed E-state index contributed by atoms with van der Waals surface area (Å²) in [7, 11) is 0. The van der Waals surface area contributed by atoms with E-state index in [0.29, 0.717) is 5.56 Å². The Morgan fingerprint density at radius 2 is 2.14 bits per heavy atom. The molecule has 0 spiro atoms. The highest BCUT2D eigenvalue weighted by Crippen LogP contribution is 2.42. The van der Waals surface area contributed by atoms with Crippen molar-refractivity contribution in [3.05, 3.63) is 34.9 Å². The number of aryl methyl sites for hydroxylation is 1. The zero-order chi connectivity index (χ0) is 10.3. The third-order valence-corrected chi connectivity index (χ3v) is 2.82. The van der Waals surface area contributed by atoms with Gasteiger partial charge in [0.15, 0.2) is 0 Å². The number of hydrogen-bond donors (Lipinski definition) is 2. The average Bonchev–Trinajstić information content (AvgIpc) is 2.84. The number of hydrogen-bond acceptors (Lipinski definition) is 2. The molecule has 1 fully saturated rings. The molecule has 0 bridgehead atoms. The van der Waals surface area contributed by atoms with Crippen LogP contribution in [0, 0.1) is 6.92 Å². The maximum Gasteiger partial charge on any atom is 0.335 e. The van der Waals surface area contributed by atoms with Crippen LogP contribution in [0.3, 0.4) is 0 Å². The van der Waals surface area contributed by atoms with E-state index < -0.39 is 5.97 Å². The van der Waals surface area contributed by atoms with Crippen LogP contribution in [0.4, 0.5) is 0 Å². The van der Waals surface area contributed by atoms with Crippen LogP contribution in [0.1, 0.15) is 34.3 Å². The van der Waals surface area contributed by atoms with E-state index in [9.17, 15) is 4.79 Å². The number of rotatable bonds is 2. The Labute approximate surface area is 82.5 Å². The molecule has 0 aromatic heterocycles. The summed E-state index contributed by atoms with van der Waals surface area (Å²) in [6.07, 6.45) is 2.00. The lowest BCUT2D eigenvalue weighted by Gasteiger charge is -2.10. The number of aromatic carboxylic acids is 1. The first-order chi connectivity index (χ1) is 6.53. The molecule has 3 heteroatoms. The van der Waals surface area contributed by atoms with Crippen LogP contribution >= 0.6 is 0 Å². The van der Waals surface area contributed by atoms with E-state index in [-0.39, 0.29) is 5.54 Å². The molecule has 2 rings (SSSR count). The zero-order valence-electron chi connectivity index (χ0n) is 8.08. The molecule has 0 radical (unpaired) electrons. The molecule has 14 heavy (non-hydrogen) atoms. The Hall–Kier alpha value is -1.35. The third-order valence-electron chi connectivity index (χ3n) is 2.82. The van der Waals surface area contributed by atoms with Crippen molar-refractivity contribution in [2.24, 2.45) is 5.73 Å². The topological polar surface area (TPSA) is 63.3 Å². The fourth-order valence-electron chi connectivity index (χ4n) is 1.64. The van der Waals surface area contributed by atoms with Crippen molar-refractivity contribution in [2.75, 3.05) is 0 Å². The predicted octanol–water partition coefficient (Wildman–Crippen LogP) is 1.64. The summed E-state index contributed by atoms with van der Waals surface area (Å²) in [6.45, 7) is 1.80. The average molecular weight is 191 g/mol. The van der Waals surface area contributed by atoms with Gasteiger partial charge in [-0.15, -0.1) is 0 Å². The van der Waals surface area contributed by atoms with Crippen LogP contribution in [0.5, 0.6) is 0 Å². The molecule has 1 aromatic carbocycles. The van der Waals surface area contributed by atoms with Crippen LogP contribution in [0.15, 0.2) is 18.2 Å². The Balaban J connectivity index is 2.40. The normalized spacial score (nSPS) is 17.9. The van der Waals surface area contributed by atoms with Gasteiger partial charge < -0.3 is 10.8 Å². The highest BCUT2D eigenvalue weighted by Gasteiger charge is 2.40. The lowest BCUT2D eigenvalue weighted by molar-refractivity contribution is 0.0696. The summed E-state index contributed by atoms with van der Waals surface area (Å²) in [5, 5.41) is 8.84. The van der Waals surface area contributed by atoms with Gasteiger partial charge in [-0.3, -0.25) is 0 Å². The fraction of sp³-hybridized carbons (Fsp3) is 0.364. The summed E-state index contributed by atoms with van der Waals surface area (Å²) < 4.78 is 0. The minimum absolute atomic E-state index is 0.179. The van der Waals surface area contributed by atoms with Crippen molar-refractivity contribution in [3.8, 4) is 0 Å². The zero-order valence-corrected chi connectivity index (χ0v) is 8.08. The number of carboxylic acids is 1. The second-order valence-corrected chi connectivity index (χ2v) is 3.99.